The molecule has 3 heterocycles. The fourth-order valence-electron chi connectivity index (χ4n) is 3.27. The summed E-state index contributed by atoms with van der Waals surface area (Å²) in [5.41, 5.74) is 2.55. The Kier molecular flexibility index (Phi) is 4.84. The number of nitrogens with zero attached hydrogens (tertiary/aromatic N) is 3. The molecule has 1 atom stereocenters. The average molecular weight is 413 g/mol. The Morgan fingerprint density at radius 1 is 1.25 bits per heavy atom. The molecule has 6 nitrogen and oxygen atoms in total. The van der Waals surface area contributed by atoms with Gasteiger partial charge in [-0.15, -0.1) is 11.3 Å². The minimum Gasteiger partial charge on any atom is -0.323 e. The Morgan fingerprint density at radius 3 is 2.79 bits per heavy atom. The Labute approximate surface area is 171 Å². The van der Waals surface area contributed by atoms with Crippen molar-refractivity contribution in [2.45, 2.75) is 38.0 Å². The predicted molar refractivity (Wildman–Crippen MR) is 114 cm³/mol. The Balaban J connectivity index is 1.66. The van der Waals surface area contributed by atoms with Crippen molar-refractivity contribution in [2.24, 2.45) is 0 Å². The van der Waals surface area contributed by atoms with Crippen LogP contribution in [0.3, 0.4) is 0 Å². The number of anilines is 2. The molecule has 0 fully saturated rings. The summed E-state index contributed by atoms with van der Waals surface area (Å²) >= 11 is 3.07. The molecule has 0 saturated heterocycles. The third kappa shape index (κ3) is 3.27. The first kappa shape index (κ1) is 18.9. The van der Waals surface area contributed by atoms with Gasteiger partial charge in [0.2, 0.25) is 11.8 Å². The van der Waals surface area contributed by atoms with E-state index in [4.69, 9.17) is 0 Å². The number of aryl methyl sites for hydroxylation is 3. The van der Waals surface area contributed by atoms with E-state index < -0.39 is 5.25 Å². The van der Waals surface area contributed by atoms with Crippen LogP contribution in [0.25, 0.3) is 10.2 Å². The summed E-state index contributed by atoms with van der Waals surface area (Å²) in [6, 6.07) is 7.36. The van der Waals surface area contributed by atoms with Gasteiger partial charge in [0.15, 0.2) is 0 Å². The number of thiophene rings is 1. The number of benzene rings is 1. The van der Waals surface area contributed by atoms with Crippen LogP contribution in [0.2, 0.25) is 0 Å². The summed E-state index contributed by atoms with van der Waals surface area (Å²) in [6.07, 6.45) is 0. The number of carbonyl (C=O) groups is 2. The first-order valence-corrected chi connectivity index (χ1v) is 10.7. The molecule has 2 amide bonds. The van der Waals surface area contributed by atoms with Crippen LogP contribution in [0, 0.1) is 20.8 Å². The number of para-hydroxylation sites is 2. The van der Waals surface area contributed by atoms with E-state index in [9.17, 15) is 9.59 Å². The maximum absolute atomic E-state index is 13.2. The van der Waals surface area contributed by atoms with Crippen molar-refractivity contribution < 1.29 is 9.59 Å². The second-order valence-electron chi connectivity index (χ2n) is 6.79. The number of carbonyl (C=O) groups excluding carboxylic acids is 2. The maximum atomic E-state index is 13.2. The lowest BCUT2D eigenvalue weighted by Crippen LogP contribution is -2.45. The molecule has 3 aromatic rings. The molecular weight excluding hydrogens is 392 g/mol. The lowest BCUT2D eigenvalue weighted by atomic mass is 10.2. The molecule has 1 aromatic carbocycles. The number of hydrogen-bond donors (Lipinski definition) is 1. The van der Waals surface area contributed by atoms with Crippen molar-refractivity contribution >= 4 is 56.5 Å². The van der Waals surface area contributed by atoms with Crippen LogP contribution >= 0.6 is 23.1 Å². The Hall–Kier alpha value is -2.45. The highest BCUT2D eigenvalue weighted by atomic mass is 32.2. The van der Waals surface area contributed by atoms with Crippen molar-refractivity contribution in [1.82, 2.24) is 9.97 Å². The van der Waals surface area contributed by atoms with Gasteiger partial charge in [0.05, 0.1) is 16.6 Å². The molecule has 0 saturated carbocycles. The third-order valence-electron chi connectivity index (χ3n) is 4.78. The van der Waals surface area contributed by atoms with Gasteiger partial charge in [0.25, 0.3) is 0 Å². The van der Waals surface area contributed by atoms with E-state index >= 15 is 0 Å². The summed E-state index contributed by atoms with van der Waals surface area (Å²) in [7, 11) is 0. The van der Waals surface area contributed by atoms with Crippen LogP contribution in [-0.4, -0.2) is 33.6 Å². The number of hydrogen-bond acceptors (Lipinski definition) is 6. The average Bonchev–Trinajstić information content (AvgIpc) is 2.94. The lowest BCUT2D eigenvalue weighted by Gasteiger charge is -2.30. The number of thioether (sulfide) groups is 1. The molecule has 0 radical (unpaired) electrons. The summed E-state index contributed by atoms with van der Waals surface area (Å²) in [5.74, 6) is 0.397. The van der Waals surface area contributed by atoms with E-state index in [1.807, 2.05) is 32.0 Å². The molecule has 0 bridgehead atoms. The first-order chi connectivity index (χ1) is 13.3. The van der Waals surface area contributed by atoms with Crippen LogP contribution in [0.15, 0.2) is 29.3 Å². The zero-order chi connectivity index (χ0) is 20.0. The second kappa shape index (κ2) is 7.18. The standard InChI is InChI=1S/C20H20N4O2S2/c1-10-11(2)27-18-17(10)19(22-13(4)21-18)28-12(3)20(26)24-9-16(25)23-14-7-5-6-8-15(14)24/h5-8,12H,9H2,1-4H3,(H,23,25)/t12-/m0/s1. The van der Waals surface area contributed by atoms with Crippen molar-refractivity contribution in [3.8, 4) is 0 Å². The van der Waals surface area contributed by atoms with Crippen molar-refractivity contribution in [1.29, 1.82) is 0 Å². The highest BCUT2D eigenvalue weighted by Crippen LogP contribution is 2.38. The fraction of sp³-hybridized carbons (Fsp3) is 0.300. The molecule has 1 aliphatic heterocycles. The van der Waals surface area contributed by atoms with E-state index in [2.05, 4.69) is 29.1 Å². The van der Waals surface area contributed by atoms with E-state index in [1.165, 1.54) is 16.6 Å². The van der Waals surface area contributed by atoms with Crippen LogP contribution < -0.4 is 10.2 Å². The van der Waals surface area contributed by atoms with Gasteiger partial charge >= 0.3 is 0 Å². The van der Waals surface area contributed by atoms with Crippen LogP contribution in [0.5, 0.6) is 0 Å². The summed E-state index contributed by atoms with van der Waals surface area (Å²) in [4.78, 5) is 38.1. The van der Waals surface area contributed by atoms with Gasteiger partial charge in [-0.1, -0.05) is 23.9 Å². The molecule has 2 aromatic heterocycles. The number of fused-ring (bicyclic) bond motifs is 2. The largest absolute Gasteiger partial charge is 0.323 e. The molecule has 1 aliphatic rings. The van der Waals surface area contributed by atoms with E-state index in [-0.39, 0.29) is 18.4 Å². The number of amides is 2. The Morgan fingerprint density at radius 2 is 2.00 bits per heavy atom. The van der Waals surface area contributed by atoms with Crippen molar-refractivity contribution in [2.75, 3.05) is 16.8 Å². The van der Waals surface area contributed by atoms with Crippen LogP contribution in [0.1, 0.15) is 23.2 Å². The molecule has 4 rings (SSSR count). The molecule has 8 heteroatoms. The normalized spacial score (nSPS) is 14.7. The number of nitrogens with one attached hydrogen (secondary N) is 1. The minimum absolute atomic E-state index is 0.0234. The summed E-state index contributed by atoms with van der Waals surface area (Å²) in [5, 5.41) is 4.27. The third-order valence-corrected chi connectivity index (χ3v) is 6.96. The van der Waals surface area contributed by atoms with Crippen molar-refractivity contribution in [3.63, 3.8) is 0 Å². The van der Waals surface area contributed by atoms with E-state index in [1.54, 1.807) is 22.3 Å². The predicted octanol–water partition coefficient (Wildman–Crippen LogP) is 4.08. The monoisotopic (exact) mass is 412 g/mol. The first-order valence-electron chi connectivity index (χ1n) is 8.96. The summed E-state index contributed by atoms with van der Waals surface area (Å²) < 4.78 is 0. The zero-order valence-corrected chi connectivity index (χ0v) is 17.7. The number of rotatable bonds is 3. The smallest absolute Gasteiger partial charge is 0.244 e. The van der Waals surface area contributed by atoms with Crippen molar-refractivity contribution in [3.05, 3.63) is 40.5 Å². The lowest BCUT2D eigenvalue weighted by molar-refractivity contribution is -0.121. The molecular formula is C20H20N4O2S2. The highest BCUT2D eigenvalue weighted by Gasteiger charge is 2.30. The fourth-order valence-corrected chi connectivity index (χ4v) is 5.52. The highest BCUT2D eigenvalue weighted by molar-refractivity contribution is 8.00. The molecule has 144 valence electrons. The molecule has 0 unspecified atom stereocenters. The van der Waals surface area contributed by atoms with E-state index in [0.29, 0.717) is 11.5 Å². The van der Waals surface area contributed by atoms with Gasteiger partial charge < -0.3 is 5.32 Å². The van der Waals surface area contributed by atoms with Crippen LogP contribution in [-0.2, 0) is 9.59 Å². The SMILES string of the molecule is Cc1nc(S[C@@H](C)C(=O)N2CC(=O)Nc3ccccc32)c2c(C)c(C)sc2n1. The van der Waals surface area contributed by atoms with Gasteiger partial charge in [-0.3, -0.25) is 14.5 Å². The molecule has 0 spiro atoms. The minimum atomic E-state index is -0.393. The van der Waals surface area contributed by atoms with E-state index in [0.717, 1.165) is 26.5 Å². The molecule has 1 N–H and O–H groups in total. The molecule has 0 aliphatic carbocycles. The second-order valence-corrected chi connectivity index (χ2v) is 9.32. The zero-order valence-electron chi connectivity index (χ0n) is 16.1. The van der Waals surface area contributed by atoms with Gasteiger partial charge in [-0.25, -0.2) is 9.97 Å². The van der Waals surface area contributed by atoms with Gasteiger partial charge in [0, 0.05) is 10.3 Å². The summed E-state index contributed by atoms with van der Waals surface area (Å²) in [6.45, 7) is 7.89. The molecule has 28 heavy (non-hydrogen) atoms. The maximum Gasteiger partial charge on any atom is 0.244 e. The number of aromatic nitrogens is 2. The van der Waals surface area contributed by atoms with Gasteiger partial charge in [0.1, 0.15) is 22.2 Å². The van der Waals surface area contributed by atoms with Gasteiger partial charge in [-0.05, 0) is 45.4 Å². The topological polar surface area (TPSA) is 75.2 Å². The van der Waals surface area contributed by atoms with Crippen LogP contribution in [0.4, 0.5) is 11.4 Å². The Bertz CT molecular complexity index is 1110. The quantitative estimate of drug-likeness (QED) is 0.518. The van der Waals surface area contributed by atoms with Gasteiger partial charge in [-0.2, -0.15) is 0 Å².